The van der Waals surface area contributed by atoms with E-state index in [-0.39, 0.29) is 11.1 Å². The summed E-state index contributed by atoms with van der Waals surface area (Å²) in [7, 11) is 0. The Bertz CT molecular complexity index is 963. The third-order valence-electron chi connectivity index (χ3n) is 5.15. The smallest absolute Gasteiger partial charge is 0.293 e. The molecule has 1 aliphatic carbocycles. The lowest BCUT2D eigenvalue weighted by Gasteiger charge is -2.13. The fourth-order valence-corrected chi connectivity index (χ4v) is 4.50. The van der Waals surface area contributed by atoms with Gasteiger partial charge in [0.25, 0.3) is 11.1 Å². The number of carbonyl (C=O) groups excluding carboxylic acids is 2. The number of rotatable bonds is 5. The van der Waals surface area contributed by atoms with E-state index in [2.05, 4.69) is 12.1 Å². The van der Waals surface area contributed by atoms with Gasteiger partial charge in [0.2, 0.25) is 0 Å². The minimum absolute atomic E-state index is 0.226. The molecule has 1 heterocycles. The second-order valence-electron chi connectivity index (χ2n) is 7.20. The van der Waals surface area contributed by atoms with Crippen molar-refractivity contribution < 1.29 is 14.3 Å². The number of benzene rings is 2. The Balaban J connectivity index is 1.61. The Morgan fingerprint density at radius 1 is 1.11 bits per heavy atom. The van der Waals surface area contributed by atoms with Crippen molar-refractivity contribution in [3.63, 3.8) is 0 Å². The van der Waals surface area contributed by atoms with Gasteiger partial charge in [0.15, 0.2) is 0 Å². The van der Waals surface area contributed by atoms with Crippen LogP contribution in [0.5, 0.6) is 5.75 Å². The molecule has 1 aliphatic heterocycles. The number of aryl methyl sites for hydroxylation is 3. The summed E-state index contributed by atoms with van der Waals surface area (Å²) in [4.78, 5) is 27.1. The van der Waals surface area contributed by atoms with Crippen LogP contribution in [0.3, 0.4) is 0 Å². The second-order valence-corrected chi connectivity index (χ2v) is 8.19. The van der Waals surface area contributed by atoms with Crippen LogP contribution in [-0.2, 0) is 24.2 Å². The van der Waals surface area contributed by atoms with Crippen LogP contribution in [0.15, 0.2) is 41.3 Å². The zero-order chi connectivity index (χ0) is 19.7. The highest BCUT2D eigenvalue weighted by Gasteiger charge is 2.35. The first kappa shape index (κ1) is 18.8. The van der Waals surface area contributed by atoms with E-state index in [0.29, 0.717) is 18.1 Å². The number of nitrogens with zero attached hydrogens (tertiary/aromatic N) is 1. The summed E-state index contributed by atoms with van der Waals surface area (Å²) in [5.74, 6) is 0.548. The molecular formula is C23H23NO3S. The minimum Gasteiger partial charge on any atom is -0.493 e. The summed E-state index contributed by atoms with van der Waals surface area (Å²) in [5, 5.41) is -0.226. The normalized spacial score (nSPS) is 17.5. The molecule has 2 amide bonds. The summed E-state index contributed by atoms with van der Waals surface area (Å²) >= 11 is 1.00. The van der Waals surface area contributed by atoms with Gasteiger partial charge in [-0.2, -0.15) is 0 Å². The molecule has 1 saturated heterocycles. The Morgan fingerprint density at radius 3 is 2.54 bits per heavy atom. The van der Waals surface area contributed by atoms with Gasteiger partial charge in [-0.05, 0) is 79.8 Å². The maximum Gasteiger partial charge on any atom is 0.293 e. The lowest BCUT2D eigenvalue weighted by Crippen LogP contribution is -2.27. The summed E-state index contributed by atoms with van der Waals surface area (Å²) in [6.45, 7) is 4.82. The Labute approximate surface area is 169 Å². The molecule has 1 fully saturated rings. The first-order valence-corrected chi connectivity index (χ1v) is 10.5. The van der Waals surface area contributed by atoms with Crippen LogP contribution in [0, 0.1) is 6.92 Å². The molecule has 0 atom stereocenters. The number of imide groups is 1. The summed E-state index contributed by atoms with van der Waals surface area (Å²) < 4.78 is 5.80. The third kappa shape index (κ3) is 3.72. The second kappa shape index (κ2) is 7.84. The number of ether oxygens (including phenoxy) is 1. The monoisotopic (exact) mass is 393 g/mol. The zero-order valence-corrected chi connectivity index (χ0v) is 17.0. The van der Waals surface area contributed by atoms with Gasteiger partial charge in [-0.3, -0.25) is 14.5 Å². The number of hydrogen-bond acceptors (Lipinski definition) is 4. The van der Waals surface area contributed by atoms with Gasteiger partial charge < -0.3 is 4.74 Å². The molecule has 0 N–H and O–H groups in total. The Kier molecular flexibility index (Phi) is 5.27. The average molecular weight is 394 g/mol. The van der Waals surface area contributed by atoms with E-state index < -0.39 is 0 Å². The van der Waals surface area contributed by atoms with Crippen molar-refractivity contribution >= 4 is 29.0 Å². The summed E-state index contributed by atoms with van der Waals surface area (Å²) in [6, 6.07) is 12.1. The van der Waals surface area contributed by atoms with Crippen LogP contribution in [-0.4, -0.2) is 22.7 Å². The van der Waals surface area contributed by atoms with Gasteiger partial charge in [0.05, 0.1) is 18.1 Å². The maximum absolute atomic E-state index is 12.9. The molecule has 0 spiro atoms. The first-order chi connectivity index (χ1) is 13.5. The molecule has 2 aromatic rings. The van der Waals surface area contributed by atoms with Gasteiger partial charge >= 0.3 is 0 Å². The number of fused-ring (bicyclic) bond motifs is 1. The molecule has 2 aliphatic rings. The Morgan fingerprint density at radius 2 is 1.82 bits per heavy atom. The van der Waals surface area contributed by atoms with E-state index in [9.17, 15) is 9.59 Å². The van der Waals surface area contributed by atoms with Crippen molar-refractivity contribution in [3.8, 4) is 5.75 Å². The largest absolute Gasteiger partial charge is 0.493 e. The molecule has 0 saturated carbocycles. The summed E-state index contributed by atoms with van der Waals surface area (Å²) in [5.41, 5.74) is 5.62. The molecule has 4 nitrogen and oxygen atoms in total. The van der Waals surface area contributed by atoms with E-state index in [1.807, 2.05) is 44.2 Å². The Hall–Kier alpha value is -2.53. The van der Waals surface area contributed by atoms with E-state index >= 15 is 0 Å². The lowest BCUT2D eigenvalue weighted by molar-refractivity contribution is -0.123. The molecule has 5 heteroatoms. The summed E-state index contributed by atoms with van der Waals surface area (Å²) in [6.07, 6.45) is 5.08. The van der Waals surface area contributed by atoms with Gasteiger partial charge in [-0.1, -0.05) is 29.8 Å². The van der Waals surface area contributed by atoms with Crippen LogP contribution >= 0.6 is 11.8 Å². The fourth-order valence-electron chi connectivity index (χ4n) is 3.67. The van der Waals surface area contributed by atoms with Crippen LogP contribution in [0.25, 0.3) is 6.08 Å². The van der Waals surface area contributed by atoms with Crippen molar-refractivity contribution in [2.24, 2.45) is 0 Å². The number of carbonyl (C=O) groups is 2. The third-order valence-corrected chi connectivity index (χ3v) is 6.05. The molecular weight excluding hydrogens is 370 g/mol. The van der Waals surface area contributed by atoms with Crippen LogP contribution in [0.4, 0.5) is 4.79 Å². The number of amides is 2. The van der Waals surface area contributed by atoms with Crippen LogP contribution in [0.2, 0.25) is 0 Å². The molecule has 0 aromatic heterocycles. The molecule has 2 aromatic carbocycles. The topological polar surface area (TPSA) is 46.6 Å². The van der Waals surface area contributed by atoms with Crippen LogP contribution < -0.4 is 4.74 Å². The van der Waals surface area contributed by atoms with Crippen molar-refractivity contribution in [3.05, 3.63) is 69.1 Å². The molecule has 4 rings (SSSR count). The number of thioether (sulfide) groups is 1. The molecule has 0 radical (unpaired) electrons. The van der Waals surface area contributed by atoms with Gasteiger partial charge in [0, 0.05) is 5.56 Å². The zero-order valence-electron chi connectivity index (χ0n) is 16.2. The van der Waals surface area contributed by atoms with Gasteiger partial charge in [0.1, 0.15) is 5.75 Å². The first-order valence-electron chi connectivity index (χ1n) is 9.64. The highest BCUT2D eigenvalue weighted by Crippen LogP contribution is 2.37. The van der Waals surface area contributed by atoms with Gasteiger partial charge in [-0.15, -0.1) is 0 Å². The molecule has 28 heavy (non-hydrogen) atoms. The van der Waals surface area contributed by atoms with Crippen molar-refractivity contribution in [2.75, 3.05) is 6.61 Å². The standard InChI is InChI=1S/C23H23NO3S/c1-3-27-20-12-18-6-4-5-17(18)11-19(20)13-21-22(25)24(23(26)28-21)14-16-9-7-15(2)8-10-16/h7-13H,3-6,14H2,1-2H3. The fraction of sp³-hybridized carbons (Fsp3) is 0.304. The quantitative estimate of drug-likeness (QED) is 0.662. The van der Waals surface area contributed by atoms with Gasteiger partial charge in [-0.25, -0.2) is 0 Å². The van der Waals surface area contributed by atoms with Crippen molar-refractivity contribution in [1.29, 1.82) is 0 Å². The molecule has 0 bridgehead atoms. The van der Waals surface area contributed by atoms with E-state index in [1.165, 1.54) is 16.0 Å². The number of hydrogen-bond donors (Lipinski definition) is 0. The maximum atomic E-state index is 12.9. The predicted octanol–water partition coefficient (Wildman–Crippen LogP) is 5.12. The predicted molar refractivity (Wildman–Crippen MR) is 112 cm³/mol. The average Bonchev–Trinajstić information content (AvgIpc) is 3.23. The molecule has 144 valence electrons. The van der Waals surface area contributed by atoms with E-state index in [1.54, 1.807) is 0 Å². The van der Waals surface area contributed by atoms with Crippen LogP contribution in [0.1, 0.15) is 41.2 Å². The van der Waals surface area contributed by atoms with E-state index in [0.717, 1.165) is 53.5 Å². The highest BCUT2D eigenvalue weighted by atomic mass is 32.2. The van der Waals surface area contributed by atoms with Crippen molar-refractivity contribution in [1.82, 2.24) is 4.90 Å². The van der Waals surface area contributed by atoms with Crippen molar-refractivity contribution in [2.45, 2.75) is 39.7 Å². The minimum atomic E-state index is -0.237. The lowest BCUT2D eigenvalue weighted by atomic mass is 10.0. The molecule has 0 unspecified atom stereocenters. The van der Waals surface area contributed by atoms with E-state index in [4.69, 9.17) is 4.74 Å². The highest BCUT2D eigenvalue weighted by molar-refractivity contribution is 8.18. The SMILES string of the molecule is CCOc1cc2c(cc1C=C1SC(=O)N(Cc3ccc(C)cc3)C1=O)CCC2.